The van der Waals surface area contributed by atoms with Crippen LogP contribution in [0.15, 0.2) is 44.3 Å². The monoisotopic (exact) mass is 472 g/mol. The fourth-order valence-electron chi connectivity index (χ4n) is 3.07. The summed E-state index contributed by atoms with van der Waals surface area (Å²) in [5.74, 6) is -0.402. The van der Waals surface area contributed by atoms with Crippen LogP contribution in [0.5, 0.6) is 0 Å². The fourth-order valence-corrected chi connectivity index (χ4v) is 6.37. The van der Waals surface area contributed by atoms with E-state index >= 15 is 0 Å². The third kappa shape index (κ3) is 4.17. The highest BCUT2D eigenvalue weighted by molar-refractivity contribution is 7.91. The minimum Gasteiger partial charge on any atom is -0.403 e. The number of amides is 1. The molecule has 0 aliphatic carbocycles. The Balaban J connectivity index is 1.51. The standard InChI is InChI=1S/C17H14Cl2N4O4S2/c18-11-7-10(8-12(19)9-11)16-21-22-17(27-16)20-15(24)13-3-1-5-23(13)29(25,26)14-4-2-6-28-14/h2,4,6-9,13H,1,3,5H2,(H,20,22,24). The molecule has 3 heterocycles. The van der Waals surface area contributed by atoms with Gasteiger partial charge in [0.1, 0.15) is 10.3 Å². The van der Waals surface area contributed by atoms with Crippen LogP contribution in [-0.2, 0) is 14.8 Å². The van der Waals surface area contributed by atoms with Crippen molar-refractivity contribution in [3.8, 4) is 11.5 Å². The molecular weight excluding hydrogens is 459 g/mol. The van der Waals surface area contributed by atoms with Gasteiger partial charge in [0.25, 0.3) is 10.0 Å². The molecule has 2 aromatic heterocycles. The molecule has 1 unspecified atom stereocenters. The van der Waals surface area contributed by atoms with E-state index in [1.165, 1.54) is 10.4 Å². The molecule has 1 aliphatic heterocycles. The number of carbonyl (C=O) groups excluding carboxylic acids is 1. The number of benzene rings is 1. The molecule has 12 heteroatoms. The first kappa shape index (κ1) is 20.3. The summed E-state index contributed by atoms with van der Waals surface area (Å²) in [5, 5.41) is 12.7. The van der Waals surface area contributed by atoms with Crippen molar-refractivity contribution in [1.29, 1.82) is 0 Å². The molecule has 1 fully saturated rings. The molecule has 4 rings (SSSR count). The lowest BCUT2D eigenvalue weighted by molar-refractivity contribution is -0.119. The van der Waals surface area contributed by atoms with Gasteiger partial charge in [-0.05, 0) is 42.5 Å². The van der Waals surface area contributed by atoms with E-state index in [1.54, 1.807) is 29.6 Å². The van der Waals surface area contributed by atoms with Crippen molar-refractivity contribution in [2.75, 3.05) is 11.9 Å². The second-order valence-corrected chi connectivity index (χ2v) is 10.2. The third-order valence-corrected chi connectivity index (χ3v) is 8.05. The zero-order valence-corrected chi connectivity index (χ0v) is 17.9. The Morgan fingerprint density at radius 2 is 2.00 bits per heavy atom. The summed E-state index contributed by atoms with van der Waals surface area (Å²) in [6.45, 7) is 0.272. The molecule has 0 spiro atoms. The van der Waals surface area contributed by atoms with Gasteiger partial charge >= 0.3 is 6.01 Å². The highest BCUT2D eigenvalue weighted by atomic mass is 35.5. The summed E-state index contributed by atoms with van der Waals surface area (Å²) in [4.78, 5) is 12.7. The minimum atomic E-state index is -3.73. The molecule has 29 heavy (non-hydrogen) atoms. The Labute approximate surface area is 180 Å². The molecule has 1 amide bonds. The number of rotatable bonds is 5. The summed E-state index contributed by atoms with van der Waals surface area (Å²) >= 11 is 13.1. The summed E-state index contributed by atoms with van der Waals surface area (Å²) < 4.78 is 32.5. The van der Waals surface area contributed by atoms with Crippen molar-refractivity contribution in [1.82, 2.24) is 14.5 Å². The van der Waals surface area contributed by atoms with Gasteiger partial charge in [-0.2, -0.15) is 4.31 Å². The van der Waals surface area contributed by atoms with E-state index in [9.17, 15) is 13.2 Å². The van der Waals surface area contributed by atoms with Crippen molar-refractivity contribution in [2.45, 2.75) is 23.1 Å². The molecule has 0 bridgehead atoms. The molecule has 1 aliphatic rings. The Hall–Kier alpha value is -1.98. The van der Waals surface area contributed by atoms with E-state index in [0.29, 0.717) is 28.5 Å². The van der Waals surface area contributed by atoms with Crippen LogP contribution in [0, 0.1) is 0 Å². The maximum Gasteiger partial charge on any atom is 0.322 e. The zero-order chi connectivity index (χ0) is 20.6. The van der Waals surface area contributed by atoms with E-state index in [1.807, 2.05) is 0 Å². The fraction of sp³-hybridized carbons (Fsp3) is 0.235. The Morgan fingerprint density at radius 1 is 1.24 bits per heavy atom. The number of sulfonamides is 1. The number of thiophene rings is 1. The number of halogens is 2. The van der Waals surface area contributed by atoms with E-state index in [4.69, 9.17) is 27.6 Å². The summed E-state index contributed by atoms with van der Waals surface area (Å²) in [5.41, 5.74) is 0.498. The van der Waals surface area contributed by atoms with Gasteiger partial charge in [-0.3, -0.25) is 10.1 Å². The molecule has 8 nitrogen and oxygen atoms in total. The van der Waals surface area contributed by atoms with Gasteiger partial charge in [0, 0.05) is 22.2 Å². The van der Waals surface area contributed by atoms with Crippen molar-refractivity contribution < 1.29 is 17.6 Å². The van der Waals surface area contributed by atoms with Crippen LogP contribution in [0.2, 0.25) is 10.0 Å². The molecule has 1 aromatic carbocycles. The van der Waals surface area contributed by atoms with Crippen LogP contribution in [0.4, 0.5) is 6.01 Å². The maximum atomic E-state index is 12.8. The van der Waals surface area contributed by atoms with Gasteiger partial charge in [0.15, 0.2) is 0 Å². The van der Waals surface area contributed by atoms with Gasteiger partial charge in [-0.15, -0.1) is 16.4 Å². The lowest BCUT2D eigenvalue weighted by Gasteiger charge is -2.21. The SMILES string of the molecule is O=C(Nc1nnc(-c2cc(Cl)cc(Cl)c2)o1)C1CCCN1S(=O)(=O)c1cccs1. The van der Waals surface area contributed by atoms with E-state index in [0.717, 1.165) is 11.3 Å². The van der Waals surface area contributed by atoms with Gasteiger partial charge < -0.3 is 4.42 Å². The molecular formula is C17H14Cl2N4O4S2. The molecule has 3 aromatic rings. The van der Waals surface area contributed by atoms with Crippen LogP contribution < -0.4 is 5.32 Å². The number of hydrogen-bond acceptors (Lipinski definition) is 7. The Kier molecular flexibility index (Phi) is 5.63. The topological polar surface area (TPSA) is 105 Å². The van der Waals surface area contributed by atoms with E-state index in [-0.39, 0.29) is 22.7 Å². The van der Waals surface area contributed by atoms with Gasteiger partial charge in [0.05, 0.1) is 0 Å². The van der Waals surface area contributed by atoms with Crippen LogP contribution in [0.25, 0.3) is 11.5 Å². The smallest absolute Gasteiger partial charge is 0.322 e. The molecule has 0 radical (unpaired) electrons. The second-order valence-electron chi connectivity index (χ2n) is 6.27. The first-order valence-corrected chi connectivity index (χ1v) is 11.6. The third-order valence-electron chi connectivity index (χ3n) is 4.33. The first-order chi connectivity index (χ1) is 13.8. The zero-order valence-electron chi connectivity index (χ0n) is 14.7. The predicted molar refractivity (Wildman–Crippen MR) is 110 cm³/mol. The van der Waals surface area contributed by atoms with Crippen molar-refractivity contribution in [3.63, 3.8) is 0 Å². The van der Waals surface area contributed by atoms with E-state index in [2.05, 4.69) is 15.5 Å². The summed E-state index contributed by atoms with van der Waals surface area (Å²) in [6, 6.07) is 6.95. The summed E-state index contributed by atoms with van der Waals surface area (Å²) in [7, 11) is -3.73. The largest absolute Gasteiger partial charge is 0.403 e. The van der Waals surface area contributed by atoms with Gasteiger partial charge in [0.2, 0.25) is 11.8 Å². The highest BCUT2D eigenvalue weighted by Crippen LogP contribution is 2.30. The number of aromatic nitrogens is 2. The van der Waals surface area contributed by atoms with Crippen LogP contribution >= 0.6 is 34.5 Å². The van der Waals surface area contributed by atoms with Crippen molar-refractivity contribution in [3.05, 3.63) is 45.8 Å². The molecule has 1 N–H and O–H groups in total. The normalized spacial score (nSPS) is 17.5. The Bertz CT molecular complexity index is 1130. The molecule has 1 atom stereocenters. The number of carbonyl (C=O) groups is 1. The summed E-state index contributed by atoms with van der Waals surface area (Å²) in [6.07, 6.45) is 0.986. The second kappa shape index (κ2) is 8.04. The molecule has 0 saturated carbocycles. The van der Waals surface area contributed by atoms with Gasteiger partial charge in [-0.1, -0.05) is 34.4 Å². The van der Waals surface area contributed by atoms with Crippen LogP contribution in [0.3, 0.4) is 0 Å². The quantitative estimate of drug-likeness (QED) is 0.603. The number of nitrogens with zero attached hydrogens (tertiary/aromatic N) is 3. The lowest BCUT2D eigenvalue weighted by Crippen LogP contribution is -2.42. The highest BCUT2D eigenvalue weighted by Gasteiger charge is 2.40. The molecule has 1 saturated heterocycles. The van der Waals surface area contributed by atoms with Crippen molar-refractivity contribution >= 4 is 56.5 Å². The average Bonchev–Trinajstić information content (AvgIpc) is 3.41. The minimum absolute atomic E-state index is 0.124. The first-order valence-electron chi connectivity index (χ1n) is 8.51. The lowest BCUT2D eigenvalue weighted by atomic mass is 10.2. The Morgan fingerprint density at radius 3 is 2.69 bits per heavy atom. The molecule has 152 valence electrons. The number of nitrogens with one attached hydrogen (secondary N) is 1. The van der Waals surface area contributed by atoms with Crippen LogP contribution in [-0.4, -0.2) is 41.4 Å². The van der Waals surface area contributed by atoms with Crippen molar-refractivity contribution in [2.24, 2.45) is 0 Å². The maximum absolute atomic E-state index is 12.8. The average molecular weight is 473 g/mol. The number of hydrogen-bond donors (Lipinski definition) is 1. The number of anilines is 1. The predicted octanol–water partition coefficient (Wildman–Crippen LogP) is 3.90. The van der Waals surface area contributed by atoms with E-state index < -0.39 is 22.0 Å². The van der Waals surface area contributed by atoms with Gasteiger partial charge in [-0.25, -0.2) is 8.42 Å². The van der Waals surface area contributed by atoms with Crippen LogP contribution in [0.1, 0.15) is 12.8 Å².